The summed E-state index contributed by atoms with van der Waals surface area (Å²) in [5.74, 6) is 0.851. The van der Waals surface area contributed by atoms with E-state index < -0.39 is 0 Å². The summed E-state index contributed by atoms with van der Waals surface area (Å²) >= 11 is 0. The predicted molar refractivity (Wildman–Crippen MR) is 104 cm³/mol. The number of nitrogens with zero attached hydrogens (tertiary/aromatic N) is 1. The molecule has 1 aliphatic heterocycles. The highest BCUT2D eigenvalue weighted by Crippen LogP contribution is 2.34. The summed E-state index contributed by atoms with van der Waals surface area (Å²) in [5.41, 5.74) is 5.92. The van der Waals surface area contributed by atoms with Crippen LogP contribution in [0.2, 0.25) is 0 Å². The van der Waals surface area contributed by atoms with Crippen LogP contribution in [-0.2, 0) is 4.74 Å². The Hall–Kier alpha value is -2.99. The fraction of sp³-hybridized carbons (Fsp3) is 0.250. The summed E-state index contributed by atoms with van der Waals surface area (Å²) in [6.07, 6.45) is 3.88. The molecule has 0 saturated carbocycles. The van der Waals surface area contributed by atoms with Crippen molar-refractivity contribution in [2.75, 3.05) is 31.2 Å². The van der Waals surface area contributed by atoms with Crippen LogP contribution in [0.1, 0.15) is 5.56 Å². The maximum Gasteiger partial charge on any atom is 0.207 e. The molecule has 6 nitrogen and oxygen atoms in total. The van der Waals surface area contributed by atoms with Crippen LogP contribution in [-0.4, -0.2) is 41.3 Å². The number of anilines is 1. The minimum absolute atomic E-state index is 0.00363. The van der Waals surface area contributed by atoms with Gasteiger partial charge in [-0.1, -0.05) is 12.1 Å². The number of aromatic amines is 3. The molecule has 132 valence electrons. The highest BCUT2D eigenvalue weighted by atomic mass is 16.5. The van der Waals surface area contributed by atoms with Crippen molar-refractivity contribution in [1.82, 2.24) is 15.0 Å². The van der Waals surface area contributed by atoms with Crippen molar-refractivity contribution in [1.29, 1.82) is 0 Å². The van der Waals surface area contributed by atoms with E-state index in [9.17, 15) is 4.79 Å². The third-order valence-corrected chi connectivity index (χ3v) is 5.22. The maximum atomic E-state index is 12.6. The molecule has 0 spiro atoms. The van der Waals surface area contributed by atoms with E-state index in [1.807, 2.05) is 12.4 Å². The van der Waals surface area contributed by atoms with Gasteiger partial charge in [0, 0.05) is 48.0 Å². The van der Waals surface area contributed by atoms with E-state index in [1.54, 1.807) is 6.07 Å². The minimum atomic E-state index is 0.00363. The van der Waals surface area contributed by atoms with Crippen LogP contribution in [0.25, 0.3) is 33.1 Å². The van der Waals surface area contributed by atoms with E-state index in [4.69, 9.17) is 4.74 Å². The standard InChI is InChI=1S/C20H20N4O2/c1-12-2-3-13(14-4-5-21-18(12)14)15-11-22-20-16(25)10-17(23-19(15)20)24-6-8-26-9-7-24/h2-5,10-11,21-22H,6-9H2,1H3,(H,23,25). The number of morpholine rings is 1. The Morgan fingerprint density at radius 2 is 1.85 bits per heavy atom. The quantitative estimate of drug-likeness (QED) is 0.521. The molecule has 0 amide bonds. The predicted octanol–water partition coefficient (Wildman–Crippen LogP) is 3.15. The molecule has 26 heavy (non-hydrogen) atoms. The van der Waals surface area contributed by atoms with Gasteiger partial charge in [-0.15, -0.1) is 0 Å². The van der Waals surface area contributed by atoms with Gasteiger partial charge < -0.3 is 24.6 Å². The average molecular weight is 348 g/mol. The highest BCUT2D eigenvalue weighted by Gasteiger charge is 2.17. The molecule has 3 aromatic heterocycles. The number of hydrogen-bond acceptors (Lipinski definition) is 3. The van der Waals surface area contributed by atoms with Gasteiger partial charge in [-0.05, 0) is 24.1 Å². The first-order chi connectivity index (χ1) is 12.7. The van der Waals surface area contributed by atoms with Gasteiger partial charge in [0.25, 0.3) is 0 Å². The summed E-state index contributed by atoms with van der Waals surface area (Å²) in [5, 5.41) is 1.16. The Balaban J connectivity index is 1.73. The third kappa shape index (κ3) is 2.26. The molecule has 0 aliphatic carbocycles. The first kappa shape index (κ1) is 15.3. The zero-order valence-corrected chi connectivity index (χ0v) is 14.6. The highest BCUT2D eigenvalue weighted by molar-refractivity contribution is 6.04. The molecule has 1 saturated heterocycles. The van der Waals surface area contributed by atoms with Gasteiger partial charge in [-0.25, -0.2) is 0 Å². The van der Waals surface area contributed by atoms with E-state index in [2.05, 4.69) is 45.0 Å². The fourth-order valence-corrected chi connectivity index (χ4v) is 3.83. The van der Waals surface area contributed by atoms with Crippen LogP contribution in [0.5, 0.6) is 0 Å². The van der Waals surface area contributed by atoms with Crippen molar-refractivity contribution < 1.29 is 4.74 Å². The Morgan fingerprint density at radius 1 is 1.00 bits per heavy atom. The molecule has 1 aromatic carbocycles. The number of nitrogens with one attached hydrogen (secondary N) is 3. The molecule has 0 atom stereocenters. The second-order valence-electron chi connectivity index (χ2n) is 6.77. The summed E-state index contributed by atoms with van der Waals surface area (Å²) in [6.45, 7) is 5.03. The molecule has 6 heteroatoms. The van der Waals surface area contributed by atoms with Crippen LogP contribution in [0.3, 0.4) is 0 Å². The van der Waals surface area contributed by atoms with Crippen LogP contribution >= 0.6 is 0 Å². The SMILES string of the molecule is Cc1ccc(-c2c[nH]c3c(=O)cc(N4CCOCC4)[nH]c23)c2cc[nH]c12. The van der Waals surface area contributed by atoms with E-state index >= 15 is 0 Å². The average Bonchev–Trinajstić information content (AvgIpc) is 3.31. The van der Waals surface area contributed by atoms with Crippen molar-refractivity contribution >= 4 is 27.8 Å². The first-order valence-electron chi connectivity index (χ1n) is 8.86. The molecule has 0 unspecified atom stereocenters. The summed E-state index contributed by atoms with van der Waals surface area (Å²) < 4.78 is 5.42. The van der Waals surface area contributed by atoms with Crippen molar-refractivity contribution in [2.45, 2.75) is 6.92 Å². The lowest BCUT2D eigenvalue weighted by molar-refractivity contribution is 0.122. The Labute approximate surface area is 149 Å². The largest absolute Gasteiger partial charge is 0.378 e. The van der Waals surface area contributed by atoms with Gasteiger partial charge in [0.15, 0.2) is 0 Å². The summed E-state index contributed by atoms with van der Waals surface area (Å²) in [4.78, 5) is 24.8. The number of hydrogen-bond donors (Lipinski definition) is 3. The van der Waals surface area contributed by atoms with E-state index in [0.717, 1.165) is 46.5 Å². The number of aryl methyl sites for hydroxylation is 1. The summed E-state index contributed by atoms with van der Waals surface area (Å²) in [7, 11) is 0. The summed E-state index contributed by atoms with van der Waals surface area (Å²) in [6, 6.07) is 7.99. The Kier molecular flexibility index (Phi) is 3.39. The Morgan fingerprint density at radius 3 is 2.69 bits per heavy atom. The van der Waals surface area contributed by atoms with Gasteiger partial charge in [0.1, 0.15) is 11.3 Å². The molecule has 1 fully saturated rings. The molecule has 4 aromatic rings. The number of rotatable bonds is 2. The van der Waals surface area contributed by atoms with Crippen molar-refractivity contribution in [2.24, 2.45) is 0 Å². The molecule has 5 rings (SSSR count). The monoisotopic (exact) mass is 348 g/mol. The Bertz CT molecular complexity index is 1160. The third-order valence-electron chi connectivity index (χ3n) is 5.22. The molecule has 1 aliphatic rings. The van der Waals surface area contributed by atoms with Gasteiger partial charge in [0.05, 0.1) is 18.7 Å². The number of benzene rings is 1. The normalized spacial score (nSPS) is 15.2. The second-order valence-corrected chi connectivity index (χ2v) is 6.77. The minimum Gasteiger partial charge on any atom is -0.378 e. The van der Waals surface area contributed by atoms with E-state index in [1.165, 1.54) is 5.56 Å². The number of H-pyrrole nitrogens is 3. The zero-order valence-electron chi connectivity index (χ0n) is 14.6. The fourth-order valence-electron chi connectivity index (χ4n) is 3.83. The van der Waals surface area contributed by atoms with Crippen LogP contribution in [0, 0.1) is 6.92 Å². The van der Waals surface area contributed by atoms with E-state index in [-0.39, 0.29) is 5.43 Å². The number of ether oxygens (including phenoxy) is 1. The van der Waals surface area contributed by atoms with E-state index in [0.29, 0.717) is 18.7 Å². The maximum absolute atomic E-state index is 12.6. The van der Waals surface area contributed by atoms with Gasteiger partial charge in [0.2, 0.25) is 5.43 Å². The molecular formula is C20H20N4O2. The van der Waals surface area contributed by atoms with Crippen molar-refractivity contribution in [3.63, 3.8) is 0 Å². The van der Waals surface area contributed by atoms with Crippen molar-refractivity contribution in [3.8, 4) is 11.1 Å². The molecule has 0 radical (unpaired) electrons. The lowest BCUT2D eigenvalue weighted by atomic mass is 10.0. The lowest BCUT2D eigenvalue weighted by Crippen LogP contribution is -2.37. The van der Waals surface area contributed by atoms with Crippen LogP contribution in [0.15, 0.2) is 41.5 Å². The molecule has 0 bridgehead atoms. The smallest absolute Gasteiger partial charge is 0.207 e. The topological polar surface area (TPSA) is 76.9 Å². The zero-order chi connectivity index (χ0) is 17.7. The first-order valence-corrected chi connectivity index (χ1v) is 8.86. The lowest BCUT2D eigenvalue weighted by Gasteiger charge is -2.28. The number of pyridine rings is 1. The second kappa shape index (κ2) is 5.78. The van der Waals surface area contributed by atoms with Crippen LogP contribution in [0.4, 0.5) is 5.82 Å². The van der Waals surface area contributed by atoms with Gasteiger partial charge >= 0.3 is 0 Å². The van der Waals surface area contributed by atoms with Crippen LogP contribution < -0.4 is 10.3 Å². The van der Waals surface area contributed by atoms with Gasteiger partial charge in [-0.2, -0.15) is 0 Å². The number of fused-ring (bicyclic) bond motifs is 2. The van der Waals surface area contributed by atoms with Gasteiger partial charge in [-0.3, -0.25) is 4.79 Å². The molecule has 3 N–H and O–H groups in total. The number of aromatic nitrogens is 3. The molecule has 4 heterocycles. The van der Waals surface area contributed by atoms with Crippen molar-refractivity contribution in [3.05, 3.63) is 52.4 Å². The molecular weight excluding hydrogens is 328 g/mol.